The molecule has 0 aromatic heterocycles. The quantitative estimate of drug-likeness (QED) is 0.794. The number of aryl methyl sites for hydroxylation is 1. The molecule has 0 saturated heterocycles. The molecule has 0 fully saturated rings. The van der Waals surface area contributed by atoms with Crippen LogP contribution in [0.25, 0.3) is 0 Å². The van der Waals surface area contributed by atoms with Crippen LogP contribution in [0.3, 0.4) is 0 Å². The minimum Gasteiger partial charge on any atom is -0.481 e. The molecule has 0 saturated carbocycles. The van der Waals surface area contributed by atoms with Gasteiger partial charge < -0.3 is 4.74 Å². The Labute approximate surface area is 94.4 Å². The number of alkyl halides is 3. The summed E-state index contributed by atoms with van der Waals surface area (Å²) < 4.78 is 42.0. The molecule has 0 amide bonds. The third kappa shape index (κ3) is 3.41. The molecule has 0 N–H and O–H groups in total. The van der Waals surface area contributed by atoms with Crippen LogP contribution >= 0.6 is 15.9 Å². The molecular weight excluding hydrogens is 273 g/mol. The number of hydrogen-bond acceptors (Lipinski definition) is 1. The lowest BCUT2D eigenvalue weighted by Gasteiger charge is -2.17. The Balaban J connectivity index is 2.78. The highest BCUT2D eigenvalue weighted by Gasteiger charge is 2.38. The van der Waals surface area contributed by atoms with Crippen molar-refractivity contribution in [3.8, 4) is 5.75 Å². The van der Waals surface area contributed by atoms with Gasteiger partial charge in [-0.3, -0.25) is 0 Å². The zero-order valence-electron chi connectivity index (χ0n) is 8.23. The summed E-state index contributed by atoms with van der Waals surface area (Å²) in [4.78, 5) is 0. The summed E-state index contributed by atoms with van der Waals surface area (Å²) in [5, 5.41) is 0. The van der Waals surface area contributed by atoms with Crippen molar-refractivity contribution >= 4 is 15.9 Å². The number of benzene rings is 1. The van der Waals surface area contributed by atoms with Gasteiger partial charge in [-0.05, 0) is 31.5 Å². The van der Waals surface area contributed by atoms with E-state index >= 15 is 0 Å². The first-order chi connectivity index (χ1) is 6.80. The van der Waals surface area contributed by atoms with Crippen molar-refractivity contribution in [2.24, 2.45) is 0 Å². The molecule has 5 heteroatoms. The van der Waals surface area contributed by atoms with Gasteiger partial charge in [0.1, 0.15) is 5.75 Å². The topological polar surface area (TPSA) is 9.23 Å². The largest absolute Gasteiger partial charge is 0.481 e. The predicted octanol–water partition coefficient (Wildman–Crippen LogP) is 4.09. The van der Waals surface area contributed by atoms with Crippen molar-refractivity contribution in [2.45, 2.75) is 26.1 Å². The molecule has 1 nitrogen and oxygen atoms in total. The molecule has 15 heavy (non-hydrogen) atoms. The Hall–Kier alpha value is -0.710. The van der Waals surface area contributed by atoms with Gasteiger partial charge in [-0.15, -0.1) is 0 Å². The highest BCUT2D eigenvalue weighted by molar-refractivity contribution is 9.10. The van der Waals surface area contributed by atoms with Crippen molar-refractivity contribution in [1.29, 1.82) is 0 Å². The zero-order valence-corrected chi connectivity index (χ0v) is 9.82. The molecule has 1 aromatic rings. The summed E-state index contributed by atoms with van der Waals surface area (Å²) in [5.41, 5.74) is 0.946. The van der Waals surface area contributed by atoms with Crippen LogP contribution in [0.1, 0.15) is 12.5 Å². The van der Waals surface area contributed by atoms with E-state index in [1.165, 1.54) is 12.1 Å². The summed E-state index contributed by atoms with van der Waals surface area (Å²) in [7, 11) is 0. The van der Waals surface area contributed by atoms with Gasteiger partial charge in [0.15, 0.2) is 6.10 Å². The summed E-state index contributed by atoms with van der Waals surface area (Å²) in [6.45, 7) is 2.83. The number of hydrogen-bond donors (Lipinski definition) is 0. The minimum absolute atomic E-state index is 0.206. The molecule has 1 aromatic carbocycles. The molecule has 84 valence electrons. The van der Waals surface area contributed by atoms with Crippen LogP contribution in [0.15, 0.2) is 22.7 Å². The van der Waals surface area contributed by atoms with E-state index in [0.717, 1.165) is 17.0 Å². The van der Waals surface area contributed by atoms with Crippen molar-refractivity contribution < 1.29 is 17.9 Å². The van der Waals surface area contributed by atoms with Crippen molar-refractivity contribution in [1.82, 2.24) is 0 Å². The fraction of sp³-hybridized carbons (Fsp3) is 0.400. The lowest BCUT2D eigenvalue weighted by Crippen LogP contribution is -2.31. The molecule has 1 atom stereocenters. The summed E-state index contributed by atoms with van der Waals surface area (Å²) >= 11 is 3.23. The normalized spacial score (nSPS) is 13.7. The minimum atomic E-state index is -4.34. The SMILES string of the molecule is Cc1ccc(OC(C)C(F)(F)F)cc1Br. The van der Waals surface area contributed by atoms with Gasteiger partial charge in [0.2, 0.25) is 0 Å². The van der Waals surface area contributed by atoms with E-state index in [1.54, 1.807) is 6.07 Å². The van der Waals surface area contributed by atoms with Crippen molar-refractivity contribution in [3.05, 3.63) is 28.2 Å². The fourth-order valence-electron chi connectivity index (χ4n) is 0.918. The maximum Gasteiger partial charge on any atom is 0.425 e. The Morgan fingerprint density at radius 3 is 2.40 bits per heavy atom. The standard InChI is InChI=1S/C10H10BrF3O/c1-6-3-4-8(5-9(6)11)15-7(2)10(12,13)14/h3-5,7H,1-2H3. The molecular formula is C10H10BrF3O. The molecule has 0 aliphatic rings. The first kappa shape index (κ1) is 12.4. The van der Waals surface area contributed by atoms with Crippen LogP contribution in [0, 0.1) is 6.92 Å². The predicted molar refractivity (Wildman–Crippen MR) is 55.0 cm³/mol. The molecule has 0 aliphatic heterocycles. The molecule has 0 heterocycles. The van der Waals surface area contributed by atoms with Gasteiger partial charge in [0.05, 0.1) is 0 Å². The Morgan fingerprint density at radius 2 is 1.93 bits per heavy atom. The van der Waals surface area contributed by atoms with Gasteiger partial charge in [0.25, 0.3) is 0 Å². The summed E-state index contributed by atoms with van der Waals surface area (Å²) in [6, 6.07) is 4.74. The highest BCUT2D eigenvalue weighted by Crippen LogP contribution is 2.27. The molecule has 0 aliphatic carbocycles. The van der Waals surface area contributed by atoms with E-state index in [4.69, 9.17) is 4.74 Å². The van der Waals surface area contributed by atoms with Crippen LogP contribution in [-0.2, 0) is 0 Å². The van der Waals surface area contributed by atoms with Crippen LogP contribution in [0.2, 0.25) is 0 Å². The number of halogens is 4. The van der Waals surface area contributed by atoms with Crippen LogP contribution < -0.4 is 4.74 Å². The Morgan fingerprint density at radius 1 is 1.33 bits per heavy atom. The average molecular weight is 283 g/mol. The number of rotatable bonds is 2. The van der Waals surface area contributed by atoms with E-state index in [0.29, 0.717) is 0 Å². The second-order valence-corrected chi connectivity index (χ2v) is 4.07. The third-order valence-corrected chi connectivity index (χ3v) is 2.77. The van der Waals surface area contributed by atoms with E-state index in [1.807, 2.05) is 6.92 Å². The van der Waals surface area contributed by atoms with Crippen molar-refractivity contribution in [2.75, 3.05) is 0 Å². The van der Waals surface area contributed by atoms with Crippen LogP contribution in [-0.4, -0.2) is 12.3 Å². The average Bonchev–Trinajstić information content (AvgIpc) is 2.10. The summed E-state index contributed by atoms with van der Waals surface area (Å²) in [5.74, 6) is 0.206. The third-order valence-electron chi connectivity index (χ3n) is 1.92. The molecule has 0 radical (unpaired) electrons. The second kappa shape index (κ2) is 4.43. The molecule has 0 bridgehead atoms. The van der Waals surface area contributed by atoms with E-state index in [2.05, 4.69) is 15.9 Å². The molecule has 1 unspecified atom stereocenters. The van der Waals surface area contributed by atoms with E-state index in [9.17, 15) is 13.2 Å². The summed E-state index contributed by atoms with van der Waals surface area (Å²) in [6.07, 6.45) is -6.13. The maximum atomic E-state index is 12.2. The smallest absolute Gasteiger partial charge is 0.425 e. The Bertz CT molecular complexity index is 349. The number of ether oxygens (including phenoxy) is 1. The monoisotopic (exact) mass is 282 g/mol. The highest BCUT2D eigenvalue weighted by atomic mass is 79.9. The first-order valence-corrected chi connectivity index (χ1v) is 5.09. The lowest BCUT2D eigenvalue weighted by molar-refractivity contribution is -0.189. The van der Waals surface area contributed by atoms with Crippen molar-refractivity contribution in [3.63, 3.8) is 0 Å². The van der Waals surface area contributed by atoms with E-state index < -0.39 is 12.3 Å². The molecule has 1 rings (SSSR count). The van der Waals surface area contributed by atoms with Gasteiger partial charge >= 0.3 is 6.18 Å². The zero-order chi connectivity index (χ0) is 11.6. The lowest BCUT2D eigenvalue weighted by atomic mass is 10.2. The van der Waals surface area contributed by atoms with Gasteiger partial charge in [-0.2, -0.15) is 13.2 Å². The molecule has 0 spiro atoms. The maximum absolute atomic E-state index is 12.2. The first-order valence-electron chi connectivity index (χ1n) is 4.30. The van der Waals surface area contributed by atoms with Crippen LogP contribution in [0.4, 0.5) is 13.2 Å². The van der Waals surface area contributed by atoms with Gasteiger partial charge in [-0.1, -0.05) is 22.0 Å². The fourth-order valence-corrected chi connectivity index (χ4v) is 1.28. The second-order valence-electron chi connectivity index (χ2n) is 3.21. The Kier molecular flexibility index (Phi) is 3.65. The van der Waals surface area contributed by atoms with Gasteiger partial charge in [-0.25, -0.2) is 0 Å². The van der Waals surface area contributed by atoms with Gasteiger partial charge in [0, 0.05) is 4.47 Å². The van der Waals surface area contributed by atoms with Crippen LogP contribution in [0.5, 0.6) is 5.75 Å². The van der Waals surface area contributed by atoms with E-state index in [-0.39, 0.29) is 5.75 Å².